The topological polar surface area (TPSA) is 59.1 Å². The molecule has 1 aromatic carbocycles. The van der Waals surface area contributed by atoms with Gasteiger partial charge in [0.1, 0.15) is 0 Å². The molecule has 2 aromatic rings. The first-order valence-corrected chi connectivity index (χ1v) is 10.7. The molecule has 2 atom stereocenters. The minimum absolute atomic E-state index is 0.136. The highest BCUT2D eigenvalue weighted by molar-refractivity contribution is 7.91. The van der Waals surface area contributed by atoms with Crippen molar-refractivity contribution in [2.24, 2.45) is 0 Å². The fourth-order valence-corrected chi connectivity index (χ4v) is 5.84. The van der Waals surface area contributed by atoms with Crippen molar-refractivity contribution in [3.8, 4) is 0 Å². The van der Waals surface area contributed by atoms with Crippen LogP contribution in [0, 0.1) is 0 Å². The van der Waals surface area contributed by atoms with Crippen molar-refractivity contribution in [3.63, 3.8) is 0 Å². The second kappa shape index (κ2) is 7.26. The number of rotatable bonds is 5. The number of unbranched alkanes of at least 4 members (excludes halogenated alkanes) is 1. The first kappa shape index (κ1) is 18.1. The fourth-order valence-electron chi connectivity index (χ4n) is 3.69. The van der Waals surface area contributed by atoms with Crippen molar-refractivity contribution in [1.29, 1.82) is 0 Å². The van der Waals surface area contributed by atoms with Crippen LogP contribution in [-0.2, 0) is 9.84 Å². The Labute approximate surface area is 150 Å². The number of pyridine rings is 1. The summed E-state index contributed by atoms with van der Waals surface area (Å²) in [6, 6.07) is 12.9. The highest BCUT2D eigenvalue weighted by Gasteiger charge is 2.41. The molecule has 0 bridgehead atoms. The molecule has 1 aliphatic rings. The van der Waals surface area contributed by atoms with Gasteiger partial charge < -0.3 is 0 Å². The number of hydrogen-bond donors (Lipinski definition) is 1. The van der Waals surface area contributed by atoms with Crippen LogP contribution in [-0.4, -0.2) is 24.7 Å². The summed E-state index contributed by atoms with van der Waals surface area (Å²) in [6.07, 6.45) is 5.42. The third-order valence-corrected chi connectivity index (χ3v) is 7.13. The van der Waals surface area contributed by atoms with Crippen LogP contribution < -0.4 is 5.32 Å². The maximum Gasteiger partial charge on any atom is 0.180 e. The number of fused-ring (bicyclic) bond motifs is 1. The molecule has 134 valence electrons. The van der Waals surface area contributed by atoms with Gasteiger partial charge in [-0.25, -0.2) is 8.42 Å². The number of sulfone groups is 1. The molecule has 3 rings (SSSR count). The Morgan fingerprint density at radius 1 is 1.16 bits per heavy atom. The van der Waals surface area contributed by atoms with Gasteiger partial charge in [0.15, 0.2) is 9.84 Å². The van der Waals surface area contributed by atoms with Crippen molar-refractivity contribution >= 4 is 9.84 Å². The standard InChI is InChI=1S/C20H26N2O2S/c1-3-5-13-20(4-2)15-25(23,24)18-12-7-6-10-16(18)19(22-20)17-11-8-9-14-21-17/h6-12,14,19,22H,3-5,13,15H2,1-2H3. The number of hydrogen-bond acceptors (Lipinski definition) is 4. The normalized spacial score (nSPS) is 25.1. The molecule has 0 fully saturated rings. The summed E-state index contributed by atoms with van der Waals surface area (Å²) in [5.41, 5.74) is 1.23. The van der Waals surface area contributed by atoms with Gasteiger partial charge in [0.05, 0.1) is 22.4 Å². The van der Waals surface area contributed by atoms with Crippen LogP contribution in [0.4, 0.5) is 0 Å². The number of nitrogens with one attached hydrogen (secondary N) is 1. The van der Waals surface area contributed by atoms with Crippen LogP contribution in [0.3, 0.4) is 0 Å². The van der Waals surface area contributed by atoms with Gasteiger partial charge in [0.25, 0.3) is 0 Å². The Morgan fingerprint density at radius 3 is 2.60 bits per heavy atom. The third kappa shape index (κ3) is 3.62. The smallest absolute Gasteiger partial charge is 0.180 e. The Balaban J connectivity index is 2.17. The maximum atomic E-state index is 13.1. The molecule has 5 heteroatoms. The zero-order valence-electron chi connectivity index (χ0n) is 14.9. The molecular formula is C20H26N2O2S. The van der Waals surface area contributed by atoms with Gasteiger partial charge in [-0.3, -0.25) is 10.3 Å². The summed E-state index contributed by atoms with van der Waals surface area (Å²) in [5, 5.41) is 3.70. The summed E-state index contributed by atoms with van der Waals surface area (Å²) < 4.78 is 26.3. The van der Waals surface area contributed by atoms with E-state index >= 15 is 0 Å². The van der Waals surface area contributed by atoms with E-state index in [1.807, 2.05) is 30.3 Å². The number of benzene rings is 1. The second-order valence-electron chi connectivity index (χ2n) is 6.87. The molecular weight excluding hydrogens is 332 g/mol. The van der Waals surface area contributed by atoms with Gasteiger partial charge >= 0.3 is 0 Å². The Hall–Kier alpha value is -1.72. The molecule has 0 amide bonds. The largest absolute Gasteiger partial charge is 0.298 e. The van der Waals surface area contributed by atoms with E-state index in [1.54, 1.807) is 18.3 Å². The van der Waals surface area contributed by atoms with E-state index < -0.39 is 15.4 Å². The number of nitrogens with zero attached hydrogens (tertiary/aromatic N) is 1. The molecule has 0 aliphatic carbocycles. The summed E-state index contributed by atoms with van der Waals surface area (Å²) in [6.45, 7) is 4.21. The van der Waals surface area contributed by atoms with Crippen molar-refractivity contribution in [2.75, 3.05) is 5.75 Å². The van der Waals surface area contributed by atoms with Crippen LogP contribution in [0.25, 0.3) is 0 Å². The molecule has 0 radical (unpaired) electrons. The van der Waals surface area contributed by atoms with Crippen molar-refractivity contribution < 1.29 is 8.42 Å². The summed E-state index contributed by atoms with van der Waals surface area (Å²) in [7, 11) is -3.36. The first-order chi connectivity index (χ1) is 12.0. The van der Waals surface area contributed by atoms with Gasteiger partial charge in [-0.05, 0) is 36.6 Å². The Morgan fingerprint density at radius 2 is 1.92 bits per heavy atom. The zero-order valence-corrected chi connectivity index (χ0v) is 15.7. The van der Waals surface area contributed by atoms with Crippen LogP contribution in [0.15, 0.2) is 53.6 Å². The minimum atomic E-state index is -3.36. The van der Waals surface area contributed by atoms with Crippen LogP contribution in [0.5, 0.6) is 0 Å². The van der Waals surface area contributed by atoms with Crippen LogP contribution >= 0.6 is 0 Å². The average molecular weight is 359 g/mol. The van der Waals surface area contributed by atoms with Crippen molar-refractivity contribution in [2.45, 2.75) is 56.0 Å². The van der Waals surface area contributed by atoms with Crippen molar-refractivity contribution in [3.05, 3.63) is 59.9 Å². The van der Waals surface area contributed by atoms with Gasteiger partial charge in [0.2, 0.25) is 0 Å². The molecule has 25 heavy (non-hydrogen) atoms. The predicted octanol–water partition coefficient (Wildman–Crippen LogP) is 3.89. The van der Waals surface area contributed by atoms with Gasteiger partial charge in [-0.2, -0.15) is 0 Å². The van der Waals surface area contributed by atoms with Gasteiger partial charge in [-0.1, -0.05) is 51.0 Å². The number of aromatic nitrogens is 1. The van der Waals surface area contributed by atoms with Crippen LogP contribution in [0.2, 0.25) is 0 Å². The van der Waals surface area contributed by atoms with E-state index in [0.29, 0.717) is 4.90 Å². The molecule has 0 spiro atoms. The van der Waals surface area contributed by atoms with E-state index in [2.05, 4.69) is 24.1 Å². The first-order valence-electron chi connectivity index (χ1n) is 9.01. The molecule has 1 N–H and O–H groups in total. The lowest BCUT2D eigenvalue weighted by atomic mass is 9.89. The highest BCUT2D eigenvalue weighted by Crippen LogP contribution is 2.37. The fraction of sp³-hybridized carbons (Fsp3) is 0.450. The zero-order chi connectivity index (χ0) is 17.9. The SMILES string of the molecule is CCCCC1(CC)CS(=O)(=O)c2ccccc2C(c2ccccn2)N1. The second-order valence-corrected chi connectivity index (χ2v) is 8.82. The van der Waals surface area contributed by atoms with E-state index in [-0.39, 0.29) is 11.8 Å². The molecule has 1 aromatic heterocycles. The molecule has 0 saturated heterocycles. The van der Waals surface area contributed by atoms with Crippen LogP contribution in [0.1, 0.15) is 56.8 Å². The Bertz CT molecular complexity index is 821. The summed E-state index contributed by atoms with van der Waals surface area (Å²) >= 11 is 0. The van der Waals surface area contributed by atoms with Gasteiger partial charge in [0, 0.05) is 11.7 Å². The lowest BCUT2D eigenvalue weighted by molar-refractivity contribution is 0.293. The van der Waals surface area contributed by atoms with E-state index in [4.69, 9.17) is 0 Å². The summed E-state index contributed by atoms with van der Waals surface area (Å²) in [5.74, 6) is 0.136. The van der Waals surface area contributed by atoms with E-state index in [0.717, 1.165) is 36.9 Å². The highest BCUT2D eigenvalue weighted by atomic mass is 32.2. The van der Waals surface area contributed by atoms with Gasteiger partial charge in [-0.15, -0.1) is 0 Å². The van der Waals surface area contributed by atoms with E-state index in [9.17, 15) is 8.42 Å². The Kier molecular flexibility index (Phi) is 5.25. The van der Waals surface area contributed by atoms with E-state index in [1.165, 1.54) is 0 Å². The lowest BCUT2D eigenvalue weighted by Gasteiger charge is -2.35. The minimum Gasteiger partial charge on any atom is -0.298 e. The lowest BCUT2D eigenvalue weighted by Crippen LogP contribution is -2.50. The average Bonchev–Trinajstić information content (AvgIpc) is 2.74. The molecule has 0 saturated carbocycles. The molecule has 2 heterocycles. The monoisotopic (exact) mass is 358 g/mol. The van der Waals surface area contributed by atoms with Crippen molar-refractivity contribution in [1.82, 2.24) is 10.3 Å². The molecule has 4 nitrogen and oxygen atoms in total. The predicted molar refractivity (Wildman–Crippen MR) is 100 cm³/mol. The third-order valence-electron chi connectivity index (χ3n) is 5.15. The molecule has 2 unspecified atom stereocenters. The maximum absolute atomic E-state index is 13.1. The summed E-state index contributed by atoms with van der Waals surface area (Å²) in [4.78, 5) is 4.95. The quantitative estimate of drug-likeness (QED) is 0.881. The molecule has 1 aliphatic heterocycles.